The van der Waals surface area contributed by atoms with Crippen LogP contribution in [0.5, 0.6) is 0 Å². The summed E-state index contributed by atoms with van der Waals surface area (Å²) in [6, 6.07) is 13.4. The molecule has 0 aliphatic heterocycles. The van der Waals surface area contributed by atoms with Gasteiger partial charge >= 0.3 is 0 Å². The average Bonchev–Trinajstić information content (AvgIpc) is 2.98. The molecule has 26 heavy (non-hydrogen) atoms. The maximum atomic E-state index is 13.9. The van der Waals surface area contributed by atoms with Crippen molar-refractivity contribution in [2.24, 2.45) is 0 Å². The fraction of sp³-hybridized carbons (Fsp3) is 0.118. The molecule has 0 aliphatic rings. The van der Waals surface area contributed by atoms with Crippen LogP contribution in [-0.2, 0) is 4.79 Å². The van der Waals surface area contributed by atoms with Crippen LogP contribution in [0.25, 0.3) is 11.4 Å². The molecule has 134 valence electrons. The highest BCUT2D eigenvalue weighted by molar-refractivity contribution is 9.10. The molecule has 3 aromatic rings. The van der Waals surface area contributed by atoms with Crippen LogP contribution < -0.4 is 11.2 Å². The third kappa shape index (κ3) is 4.05. The zero-order valence-corrected chi connectivity index (χ0v) is 16.1. The molecular formula is C17H15BrFN5OS. The van der Waals surface area contributed by atoms with Crippen molar-refractivity contribution in [1.29, 1.82) is 0 Å². The summed E-state index contributed by atoms with van der Waals surface area (Å²) in [4.78, 5) is 12.3. The first-order valence-electron chi connectivity index (χ1n) is 7.64. The molecule has 0 bridgehead atoms. The van der Waals surface area contributed by atoms with Crippen LogP contribution in [0.1, 0.15) is 6.92 Å². The number of carbonyl (C=O) groups excluding carboxylic acids is 1. The van der Waals surface area contributed by atoms with E-state index in [0.29, 0.717) is 10.8 Å². The first-order chi connectivity index (χ1) is 12.5. The summed E-state index contributed by atoms with van der Waals surface area (Å²) in [5, 5.41) is 10.6. The van der Waals surface area contributed by atoms with Gasteiger partial charge in [-0.15, -0.1) is 10.2 Å². The van der Waals surface area contributed by atoms with Gasteiger partial charge in [0.05, 0.1) is 10.8 Å². The van der Waals surface area contributed by atoms with E-state index in [2.05, 4.69) is 31.4 Å². The topological polar surface area (TPSA) is 85.8 Å². The molecule has 0 saturated heterocycles. The molecule has 3 rings (SSSR count). The summed E-state index contributed by atoms with van der Waals surface area (Å²) >= 11 is 4.49. The lowest BCUT2D eigenvalue weighted by Gasteiger charge is -2.11. The predicted octanol–water partition coefficient (Wildman–Crippen LogP) is 3.68. The summed E-state index contributed by atoms with van der Waals surface area (Å²) in [5.74, 6) is 5.55. The van der Waals surface area contributed by atoms with Crippen molar-refractivity contribution in [3.8, 4) is 11.4 Å². The molecule has 0 spiro atoms. The van der Waals surface area contributed by atoms with Gasteiger partial charge in [0.25, 0.3) is 0 Å². The van der Waals surface area contributed by atoms with E-state index in [9.17, 15) is 9.18 Å². The Hall–Kier alpha value is -2.39. The van der Waals surface area contributed by atoms with Gasteiger partial charge in [0.1, 0.15) is 5.82 Å². The summed E-state index contributed by atoms with van der Waals surface area (Å²) in [5.41, 5.74) is 0.938. The summed E-state index contributed by atoms with van der Waals surface area (Å²) in [6.07, 6.45) is 0. The number of aromatic nitrogens is 3. The number of rotatable bonds is 5. The van der Waals surface area contributed by atoms with Crippen molar-refractivity contribution in [3.05, 3.63) is 58.8 Å². The maximum Gasteiger partial charge on any atom is 0.237 e. The Labute approximate surface area is 162 Å². The Morgan fingerprint density at radius 1 is 1.23 bits per heavy atom. The Bertz CT molecular complexity index is 931. The summed E-state index contributed by atoms with van der Waals surface area (Å²) in [6.45, 7) is 1.73. The molecule has 1 amide bonds. The number of nitrogens with two attached hydrogens (primary N) is 1. The van der Waals surface area contributed by atoms with Crippen molar-refractivity contribution in [2.75, 3.05) is 11.2 Å². The van der Waals surface area contributed by atoms with Gasteiger partial charge in [0.2, 0.25) is 11.1 Å². The highest BCUT2D eigenvalue weighted by Gasteiger charge is 2.21. The molecule has 1 aromatic heterocycles. The van der Waals surface area contributed by atoms with Gasteiger partial charge in [-0.25, -0.2) is 9.07 Å². The van der Waals surface area contributed by atoms with Gasteiger partial charge in [-0.05, 0) is 43.3 Å². The third-order valence-corrected chi connectivity index (χ3v) is 5.13. The lowest BCUT2D eigenvalue weighted by Crippen LogP contribution is -2.23. The van der Waals surface area contributed by atoms with E-state index < -0.39 is 11.1 Å². The second-order valence-electron chi connectivity index (χ2n) is 5.41. The fourth-order valence-electron chi connectivity index (χ4n) is 2.17. The van der Waals surface area contributed by atoms with E-state index in [0.717, 1.165) is 16.2 Å². The highest BCUT2D eigenvalue weighted by atomic mass is 79.9. The van der Waals surface area contributed by atoms with Gasteiger partial charge in [-0.1, -0.05) is 39.8 Å². The highest BCUT2D eigenvalue weighted by Crippen LogP contribution is 2.26. The number of halogens is 2. The average molecular weight is 436 g/mol. The first-order valence-corrected chi connectivity index (χ1v) is 9.31. The summed E-state index contributed by atoms with van der Waals surface area (Å²) in [7, 11) is 0. The molecule has 3 N–H and O–H groups in total. The van der Waals surface area contributed by atoms with E-state index >= 15 is 0 Å². The number of hydrogen-bond donors (Lipinski definition) is 2. The summed E-state index contributed by atoms with van der Waals surface area (Å²) < 4.78 is 16.0. The lowest BCUT2D eigenvalue weighted by atomic mass is 10.2. The van der Waals surface area contributed by atoms with E-state index in [4.69, 9.17) is 5.84 Å². The van der Waals surface area contributed by atoms with Crippen molar-refractivity contribution in [3.63, 3.8) is 0 Å². The molecule has 1 atom stereocenters. The number of nitrogens with one attached hydrogen (secondary N) is 1. The number of hydrogen-bond acceptors (Lipinski definition) is 5. The standard InChI is InChI=1S/C17H15BrFN5OS/c1-10(16(25)21-12-8-6-11(18)7-9-12)26-17-23-22-15(24(17)20)13-4-2-3-5-14(13)19/h2-10H,20H2,1H3,(H,21,25). The van der Waals surface area contributed by atoms with Crippen LogP contribution in [0, 0.1) is 5.82 Å². The molecule has 1 unspecified atom stereocenters. The molecular weight excluding hydrogens is 421 g/mol. The Morgan fingerprint density at radius 2 is 1.92 bits per heavy atom. The van der Waals surface area contributed by atoms with Gasteiger partial charge in [0.15, 0.2) is 5.82 Å². The van der Waals surface area contributed by atoms with Gasteiger partial charge in [0, 0.05) is 10.2 Å². The van der Waals surface area contributed by atoms with Crippen molar-refractivity contribution in [1.82, 2.24) is 14.9 Å². The normalized spacial score (nSPS) is 12.0. The molecule has 0 radical (unpaired) electrons. The minimum absolute atomic E-state index is 0.200. The number of anilines is 1. The molecule has 9 heteroatoms. The Balaban J connectivity index is 1.71. The van der Waals surface area contributed by atoms with Crippen LogP contribution in [-0.4, -0.2) is 26.0 Å². The molecule has 0 saturated carbocycles. The second-order valence-corrected chi connectivity index (χ2v) is 7.64. The minimum atomic E-state index is -0.474. The van der Waals surface area contributed by atoms with Gasteiger partial charge in [-0.3, -0.25) is 4.79 Å². The number of nitrogen functional groups attached to an aromatic ring is 1. The monoisotopic (exact) mass is 435 g/mol. The number of benzene rings is 2. The van der Waals surface area contributed by atoms with E-state index in [1.54, 1.807) is 37.3 Å². The Morgan fingerprint density at radius 3 is 2.62 bits per heavy atom. The second kappa shape index (κ2) is 7.88. The molecule has 0 aliphatic carbocycles. The molecule has 6 nitrogen and oxygen atoms in total. The van der Waals surface area contributed by atoms with Crippen molar-refractivity contribution >= 4 is 39.3 Å². The van der Waals surface area contributed by atoms with Crippen LogP contribution in [0.2, 0.25) is 0 Å². The molecule has 1 heterocycles. The van der Waals surface area contributed by atoms with Gasteiger partial charge < -0.3 is 11.2 Å². The largest absolute Gasteiger partial charge is 0.335 e. The van der Waals surface area contributed by atoms with Gasteiger partial charge in [-0.2, -0.15) is 0 Å². The van der Waals surface area contributed by atoms with Crippen molar-refractivity contribution < 1.29 is 9.18 Å². The number of amides is 1. The van der Waals surface area contributed by atoms with Crippen molar-refractivity contribution in [2.45, 2.75) is 17.3 Å². The van der Waals surface area contributed by atoms with E-state index in [1.807, 2.05) is 12.1 Å². The number of nitrogens with zero attached hydrogens (tertiary/aromatic N) is 3. The lowest BCUT2D eigenvalue weighted by molar-refractivity contribution is -0.115. The maximum absolute atomic E-state index is 13.9. The minimum Gasteiger partial charge on any atom is -0.335 e. The van der Waals surface area contributed by atoms with Crippen LogP contribution >= 0.6 is 27.7 Å². The van der Waals surface area contributed by atoms with Crippen LogP contribution in [0.3, 0.4) is 0 Å². The smallest absolute Gasteiger partial charge is 0.237 e. The number of thioether (sulfide) groups is 1. The number of carbonyl (C=O) groups is 1. The SMILES string of the molecule is CC(Sc1nnc(-c2ccccc2F)n1N)C(=O)Nc1ccc(Br)cc1. The Kier molecular flexibility index (Phi) is 5.58. The molecule has 0 fully saturated rings. The molecule has 2 aromatic carbocycles. The zero-order chi connectivity index (χ0) is 18.7. The van der Waals surface area contributed by atoms with Crippen LogP contribution in [0.15, 0.2) is 58.2 Å². The van der Waals surface area contributed by atoms with E-state index in [-0.39, 0.29) is 17.3 Å². The predicted molar refractivity (Wildman–Crippen MR) is 104 cm³/mol. The van der Waals surface area contributed by atoms with Crippen LogP contribution in [0.4, 0.5) is 10.1 Å². The zero-order valence-electron chi connectivity index (χ0n) is 13.7. The first kappa shape index (κ1) is 18.4. The quantitative estimate of drug-likeness (QED) is 0.471. The van der Waals surface area contributed by atoms with E-state index in [1.165, 1.54) is 10.7 Å². The third-order valence-electron chi connectivity index (χ3n) is 3.54. The fourth-order valence-corrected chi connectivity index (χ4v) is 3.21.